The molecular weight excluding hydrogens is 243 g/mol. The Hall–Kier alpha value is -2.56. The summed E-state index contributed by atoms with van der Waals surface area (Å²) in [5.74, 6) is -0.324. The molecule has 3 rings (SSSR count). The van der Waals surface area contributed by atoms with E-state index in [2.05, 4.69) is 10.3 Å². The number of rotatable bonds is 2. The van der Waals surface area contributed by atoms with Gasteiger partial charge in [-0.3, -0.25) is 0 Å². The molecule has 0 fully saturated rings. The molecule has 0 bridgehead atoms. The van der Waals surface area contributed by atoms with Crippen LogP contribution >= 0.6 is 0 Å². The average molecular weight is 256 g/mol. The Kier molecular flexibility index (Phi) is 2.59. The van der Waals surface area contributed by atoms with Gasteiger partial charge in [-0.2, -0.15) is 0 Å². The van der Waals surface area contributed by atoms with E-state index in [0.717, 1.165) is 16.7 Å². The molecular formula is C14H13FN4. The fourth-order valence-corrected chi connectivity index (χ4v) is 2.01. The number of hydrogen-bond acceptors (Lipinski definition) is 3. The second-order valence-electron chi connectivity index (χ2n) is 4.42. The number of nitrogens with zero attached hydrogens (tertiary/aromatic N) is 2. The number of nitrogens with one attached hydrogen (secondary N) is 1. The normalized spacial score (nSPS) is 10.8. The third-order valence-electron chi connectivity index (χ3n) is 3.02. The number of halogens is 1. The molecule has 0 saturated carbocycles. The van der Waals surface area contributed by atoms with Crippen molar-refractivity contribution in [2.24, 2.45) is 7.05 Å². The highest BCUT2D eigenvalue weighted by molar-refractivity contribution is 5.82. The molecule has 0 aliphatic carbocycles. The van der Waals surface area contributed by atoms with Crippen LogP contribution in [0.3, 0.4) is 0 Å². The van der Waals surface area contributed by atoms with Crippen molar-refractivity contribution < 1.29 is 4.39 Å². The van der Waals surface area contributed by atoms with Crippen LogP contribution in [0.2, 0.25) is 0 Å². The number of fused-ring (bicyclic) bond motifs is 1. The first-order chi connectivity index (χ1) is 9.13. The summed E-state index contributed by atoms with van der Waals surface area (Å²) in [6.07, 6.45) is 1.75. The van der Waals surface area contributed by atoms with Crippen molar-refractivity contribution in [1.29, 1.82) is 0 Å². The number of aromatic nitrogens is 2. The van der Waals surface area contributed by atoms with Crippen LogP contribution in [0.15, 0.2) is 42.7 Å². The quantitative estimate of drug-likeness (QED) is 0.693. The molecule has 0 saturated heterocycles. The molecule has 0 atom stereocenters. The number of benzene rings is 2. The van der Waals surface area contributed by atoms with E-state index in [4.69, 9.17) is 5.73 Å². The smallest absolute Gasteiger partial charge is 0.125 e. The fraction of sp³-hybridized carbons (Fsp3) is 0.0714. The molecule has 96 valence electrons. The van der Waals surface area contributed by atoms with Crippen molar-refractivity contribution in [3.8, 4) is 0 Å². The van der Waals surface area contributed by atoms with Gasteiger partial charge in [0.05, 0.1) is 28.7 Å². The van der Waals surface area contributed by atoms with Crippen molar-refractivity contribution in [2.45, 2.75) is 0 Å². The van der Waals surface area contributed by atoms with Crippen LogP contribution in [0.1, 0.15) is 0 Å². The van der Waals surface area contributed by atoms with Crippen molar-refractivity contribution in [3.05, 3.63) is 48.5 Å². The predicted octanol–water partition coefficient (Wildman–Crippen LogP) is 3.04. The predicted molar refractivity (Wildman–Crippen MR) is 74.8 cm³/mol. The number of nitrogens with two attached hydrogens (primary N) is 1. The summed E-state index contributed by atoms with van der Waals surface area (Å²) in [6, 6.07) is 10.0. The van der Waals surface area contributed by atoms with E-state index in [1.54, 1.807) is 6.33 Å². The lowest BCUT2D eigenvalue weighted by Gasteiger charge is -2.09. The maximum Gasteiger partial charge on any atom is 0.125 e. The average Bonchev–Trinajstić information content (AvgIpc) is 2.75. The summed E-state index contributed by atoms with van der Waals surface area (Å²) >= 11 is 0. The zero-order valence-electron chi connectivity index (χ0n) is 10.4. The molecule has 0 aliphatic rings. The zero-order valence-corrected chi connectivity index (χ0v) is 10.4. The lowest BCUT2D eigenvalue weighted by Crippen LogP contribution is -1.97. The molecule has 3 aromatic rings. The van der Waals surface area contributed by atoms with Gasteiger partial charge in [0.25, 0.3) is 0 Å². The van der Waals surface area contributed by atoms with Crippen molar-refractivity contribution in [2.75, 3.05) is 11.1 Å². The third kappa shape index (κ3) is 2.10. The number of hydrogen-bond donors (Lipinski definition) is 2. The van der Waals surface area contributed by atoms with Gasteiger partial charge in [-0.15, -0.1) is 0 Å². The van der Waals surface area contributed by atoms with Gasteiger partial charge in [-0.05, 0) is 36.4 Å². The number of aryl methyl sites for hydroxylation is 1. The van der Waals surface area contributed by atoms with Crippen LogP contribution in [-0.2, 0) is 7.05 Å². The maximum absolute atomic E-state index is 13.2. The fourth-order valence-electron chi connectivity index (χ4n) is 2.01. The monoisotopic (exact) mass is 256 g/mol. The van der Waals surface area contributed by atoms with Gasteiger partial charge in [0, 0.05) is 12.7 Å². The summed E-state index contributed by atoms with van der Waals surface area (Å²) in [5.41, 5.74) is 9.60. The molecule has 4 nitrogen and oxygen atoms in total. The Labute approximate surface area is 109 Å². The SMILES string of the molecule is Cn1cnc2cc(Nc3cc(F)ccc3N)ccc21. The summed E-state index contributed by atoms with van der Waals surface area (Å²) in [4.78, 5) is 4.28. The number of nitrogen functional groups attached to an aromatic ring is 1. The van der Waals surface area contributed by atoms with Gasteiger partial charge in [-0.1, -0.05) is 0 Å². The van der Waals surface area contributed by atoms with E-state index in [0.29, 0.717) is 11.4 Å². The van der Waals surface area contributed by atoms with Crippen LogP contribution in [-0.4, -0.2) is 9.55 Å². The molecule has 0 amide bonds. The van der Waals surface area contributed by atoms with E-state index in [9.17, 15) is 4.39 Å². The molecule has 19 heavy (non-hydrogen) atoms. The second-order valence-corrected chi connectivity index (χ2v) is 4.42. The summed E-state index contributed by atoms with van der Waals surface area (Å²) in [5, 5.41) is 3.10. The van der Waals surface area contributed by atoms with Crippen molar-refractivity contribution in [3.63, 3.8) is 0 Å². The molecule has 0 radical (unpaired) electrons. The molecule has 0 aliphatic heterocycles. The Morgan fingerprint density at radius 3 is 2.89 bits per heavy atom. The highest BCUT2D eigenvalue weighted by atomic mass is 19.1. The summed E-state index contributed by atoms with van der Waals surface area (Å²) in [6.45, 7) is 0. The van der Waals surface area contributed by atoms with Crippen LogP contribution < -0.4 is 11.1 Å². The molecule has 1 aromatic heterocycles. The third-order valence-corrected chi connectivity index (χ3v) is 3.02. The van der Waals surface area contributed by atoms with E-state index < -0.39 is 0 Å². The largest absolute Gasteiger partial charge is 0.397 e. The Morgan fingerprint density at radius 2 is 2.05 bits per heavy atom. The molecule has 5 heteroatoms. The summed E-state index contributed by atoms with van der Waals surface area (Å²) < 4.78 is 15.1. The second kappa shape index (κ2) is 4.28. The minimum absolute atomic E-state index is 0.324. The van der Waals surface area contributed by atoms with Crippen LogP contribution in [0.25, 0.3) is 11.0 Å². The maximum atomic E-state index is 13.2. The van der Waals surface area contributed by atoms with Gasteiger partial charge >= 0.3 is 0 Å². The van der Waals surface area contributed by atoms with E-state index in [-0.39, 0.29) is 5.82 Å². The lowest BCUT2D eigenvalue weighted by atomic mass is 10.2. The van der Waals surface area contributed by atoms with Gasteiger partial charge in [0.2, 0.25) is 0 Å². The highest BCUT2D eigenvalue weighted by Crippen LogP contribution is 2.25. The molecule has 0 spiro atoms. The Morgan fingerprint density at radius 1 is 1.21 bits per heavy atom. The van der Waals surface area contributed by atoms with Crippen LogP contribution in [0.5, 0.6) is 0 Å². The first-order valence-corrected chi connectivity index (χ1v) is 5.86. The van der Waals surface area contributed by atoms with Crippen molar-refractivity contribution in [1.82, 2.24) is 9.55 Å². The van der Waals surface area contributed by atoms with E-state index >= 15 is 0 Å². The van der Waals surface area contributed by atoms with E-state index in [1.807, 2.05) is 29.8 Å². The van der Waals surface area contributed by atoms with Crippen molar-refractivity contribution >= 4 is 28.1 Å². The number of imidazole rings is 1. The molecule has 2 aromatic carbocycles. The Bertz CT molecular complexity index is 748. The minimum Gasteiger partial charge on any atom is -0.397 e. The van der Waals surface area contributed by atoms with Crippen LogP contribution in [0.4, 0.5) is 21.5 Å². The standard InChI is InChI=1S/C14H13FN4/c1-19-8-17-13-7-10(3-5-14(13)19)18-12-6-9(15)2-4-11(12)16/h2-8,18H,16H2,1H3. The Balaban J connectivity index is 1.98. The number of anilines is 3. The minimum atomic E-state index is -0.324. The van der Waals surface area contributed by atoms with Gasteiger partial charge in [-0.25, -0.2) is 9.37 Å². The first kappa shape index (κ1) is 11.5. The van der Waals surface area contributed by atoms with Crippen LogP contribution in [0, 0.1) is 5.82 Å². The molecule has 3 N–H and O–H groups in total. The van der Waals surface area contributed by atoms with Gasteiger partial charge in [0.1, 0.15) is 5.82 Å². The first-order valence-electron chi connectivity index (χ1n) is 5.86. The van der Waals surface area contributed by atoms with E-state index in [1.165, 1.54) is 18.2 Å². The van der Waals surface area contributed by atoms with Gasteiger partial charge < -0.3 is 15.6 Å². The highest BCUT2D eigenvalue weighted by Gasteiger charge is 2.04. The zero-order chi connectivity index (χ0) is 13.4. The summed E-state index contributed by atoms with van der Waals surface area (Å²) in [7, 11) is 1.94. The topological polar surface area (TPSA) is 55.9 Å². The molecule has 0 unspecified atom stereocenters. The van der Waals surface area contributed by atoms with Gasteiger partial charge in [0.15, 0.2) is 0 Å². The molecule has 1 heterocycles. The lowest BCUT2D eigenvalue weighted by molar-refractivity contribution is 0.628.